The Bertz CT molecular complexity index is 1130. The number of aryl methyl sites for hydroxylation is 2. The predicted molar refractivity (Wildman–Crippen MR) is 131 cm³/mol. The lowest BCUT2D eigenvalue weighted by atomic mass is 10.2. The summed E-state index contributed by atoms with van der Waals surface area (Å²) in [5.74, 6) is 0.630. The first-order valence-corrected chi connectivity index (χ1v) is 11.4. The molecule has 3 aromatic rings. The second-order valence-corrected chi connectivity index (χ2v) is 8.36. The van der Waals surface area contributed by atoms with Gasteiger partial charge in [0.15, 0.2) is 0 Å². The van der Waals surface area contributed by atoms with Gasteiger partial charge in [-0.1, -0.05) is 30.3 Å². The van der Waals surface area contributed by atoms with Crippen LogP contribution in [0.2, 0.25) is 0 Å². The number of amides is 2. The fourth-order valence-corrected chi connectivity index (χ4v) is 4.06. The summed E-state index contributed by atoms with van der Waals surface area (Å²) in [6, 6.07) is 19.1. The summed E-state index contributed by atoms with van der Waals surface area (Å²) in [6.45, 7) is 7.54. The monoisotopic (exact) mass is 459 g/mol. The van der Waals surface area contributed by atoms with Crippen LogP contribution in [-0.4, -0.2) is 46.1 Å². The van der Waals surface area contributed by atoms with Crippen LogP contribution in [0, 0.1) is 13.8 Å². The van der Waals surface area contributed by atoms with Crippen molar-refractivity contribution in [2.45, 2.75) is 39.8 Å². The van der Waals surface area contributed by atoms with Crippen LogP contribution in [0.5, 0.6) is 0 Å². The number of benzene rings is 2. The van der Waals surface area contributed by atoms with Crippen molar-refractivity contribution in [2.24, 2.45) is 0 Å². The molecular formula is C26H29N5O3. The lowest BCUT2D eigenvalue weighted by molar-refractivity contribution is -0.128. The summed E-state index contributed by atoms with van der Waals surface area (Å²) in [5.41, 5.74) is 4.40. The molecule has 2 amide bonds. The van der Waals surface area contributed by atoms with Crippen LogP contribution in [-0.2, 0) is 16.1 Å². The zero-order valence-corrected chi connectivity index (χ0v) is 19.7. The zero-order valence-electron chi connectivity index (χ0n) is 19.7. The Balaban J connectivity index is 1.33. The summed E-state index contributed by atoms with van der Waals surface area (Å²) < 4.78 is 5.51. The minimum Gasteiger partial charge on any atom is -0.444 e. The number of carbonyl (C=O) groups is 2. The van der Waals surface area contributed by atoms with E-state index in [4.69, 9.17) is 4.74 Å². The summed E-state index contributed by atoms with van der Waals surface area (Å²) >= 11 is 0. The summed E-state index contributed by atoms with van der Waals surface area (Å²) in [4.78, 5) is 37.5. The molecule has 0 aliphatic carbocycles. The van der Waals surface area contributed by atoms with E-state index >= 15 is 0 Å². The molecule has 0 spiro atoms. The van der Waals surface area contributed by atoms with Crippen LogP contribution in [0.15, 0.2) is 60.7 Å². The van der Waals surface area contributed by atoms with E-state index in [0.29, 0.717) is 31.3 Å². The quantitative estimate of drug-likeness (QED) is 0.556. The Morgan fingerprint density at radius 3 is 2.41 bits per heavy atom. The van der Waals surface area contributed by atoms with Crippen molar-refractivity contribution in [3.63, 3.8) is 0 Å². The first-order valence-electron chi connectivity index (χ1n) is 11.4. The summed E-state index contributed by atoms with van der Waals surface area (Å²) in [7, 11) is 0. The fraction of sp³-hybridized carbons (Fsp3) is 0.308. The number of nitrogens with zero attached hydrogens (tertiary/aromatic N) is 4. The van der Waals surface area contributed by atoms with Gasteiger partial charge in [-0.15, -0.1) is 0 Å². The van der Waals surface area contributed by atoms with Gasteiger partial charge in [-0.3, -0.25) is 10.1 Å². The van der Waals surface area contributed by atoms with Crippen molar-refractivity contribution < 1.29 is 14.3 Å². The van der Waals surface area contributed by atoms with Gasteiger partial charge in [0.25, 0.3) is 0 Å². The van der Waals surface area contributed by atoms with E-state index in [0.717, 1.165) is 22.6 Å². The average molecular weight is 460 g/mol. The molecule has 0 bridgehead atoms. The highest BCUT2D eigenvalue weighted by Gasteiger charge is 2.32. The Morgan fingerprint density at radius 1 is 1.09 bits per heavy atom. The van der Waals surface area contributed by atoms with Crippen molar-refractivity contribution in [1.82, 2.24) is 14.9 Å². The normalized spacial score (nSPS) is 15.3. The number of hydrogen-bond donors (Lipinski definition) is 1. The third kappa shape index (κ3) is 5.70. The van der Waals surface area contributed by atoms with Crippen LogP contribution in [0.3, 0.4) is 0 Å². The van der Waals surface area contributed by atoms with E-state index in [9.17, 15) is 9.59 Å². The second kappa shape index (κ2) is 10.3. The molecule has 1 N–H and O–H groups in total. The SMILES string of the molecule is CCN(c1ccc(NC(=O)OC2CC(=O)N(Cc3ccccc3)C2)cc1)c1nc(C)cc(C)n1. The van der Waals surface area contributed by atoms with Crippen molar-refractivity contribution >= 4 is 29.3 Å². The minimum absolute atomic E-state index is 0.0146. The van der Waals surface area contributed by atoms with E-state index in [1.807, 2.05) is 86.3 Å². The van der Waals surface area contributed by atoms with Crippen LogP contribution in [0.1, 0.15) is 30.3 Å². The standard InChI is InChI=1S/C26H29N5O3/c1-4-31(25-27-18(2)14-19(3)28-25)22-12-10-21(11-13-22)29-26(33)34-23-15-24(32)30(17-23)16-20-8-6-5-7-9-20/h5-14,23H,4,15-17H2,1-3H3,(H,29,33). The first-order chi connectivity index (χ1) is 16.4. The molecule has 8 nitrogen and oxygen atoms in total. The Kier molecular flexibility index (Phi) is 7.06. The molecule has 176 valence electrons. The minimum atomic E-state index is -0.572. The van der Waals surface area contributed by atoms with E-state index in [1.165, 1.54) is 0 Å². The molecule has 1 atom stereocenters. The van der Waals surface area contributed by atoms with Crippen LogP contribution in [0.4, 0.5) is 22.1 Å². The molecule has 4 rings (SSSR count). The molecule has 1 saturated heterocycles. The number of ether oxygens (including phenoxy) is 1. The van der Waals surface area contributed by atoms with Gasteiger partial charge in [-0.2, -0.15) is 0 Å². The molecule has 1 aliphatic rings. The smallest absolute Gasteiger partial charge is 0.411 e. The largest absolute Gasteiger partial charge is 0.444 e. The lowest BCUT2D eigenvalue weighted by Gasteiger charge is -2.22. The molecule has 1 aliphatic heterocycles. The highest BCUT2D eigenvalue weighted by atomic mass is 16.6. The number of rotatable bonds is 7. The molecule has 1 aromatic heterocycles. The first kappa shape index (κ1) is 23.2. The van der Waals surface area contributed by atoms with Crippen molar-refractivity contribution in [2.75, 3.05) is 23.3 Å². The molecule has 0 radical (unpaired) electrons. The van der Waals surface area contributed by atoms with Crippen LogP contribution < -0.4 is 10.2 Å². The number of nitrogens with one attached hydrogen (secondary N) is 1. The molecule has 2 heterocycles. The molecule has 34 heavy (non-hydrogen) atoms. The second-order valence-electron chi connectivity index (χ2n) is 8.36. The highest BCUT2D eigenvalue weighted by Crippen LogP contribution is 2.25. The summed E-state index contributed by atoms with van der Waals surface area (Å²) in [5, 5.41) is 2.75. The zero-order chi connectivity index (χ0) is 24.1. The van der Waals surface area contributed by atoms with E-state index < -0.39 is 12.2 Å². The maximum Gasteiger partial charge on any atom is 0.411 e. The Morgan fingerprint density at radius 2 is 1.76 bits per heavy atom. The number of likely N-dealkylation sites (tertiary alicyclic amines) is 1. The van der Waals surface area contributed by atoms with Gasteiger partial charge < -0.3 is 14.5 Å². The maximum absolute atomic E-state index is 12.4. The number of aromatic nitrogens is 2. The fourth-order valence-electron chi connectivity index (χ4n) is 4.06. The molecule has 0 saturated carbocycles. The molecule has 1 fully saturated rings. The van der Waals surface area contributed by atoms with Crippen molar-refractivity contribution in [1.29, 1.82) is 0 Å². The highest BCUT2D eigenvalue weighted by molar-refractivity contribution is 5.86. The van der Waals surface area contributed by atoms with Crippen LogP contribution in [0.25, 0.3) is 0 Å². The number of anilines is 3. The van der Waals surface area contributed by atoms with Gasteiger partial charge in [0, 0.05) is 35.9 Å². The number of carbonyl (C=O) groups excluding carboxylic acids is 2. The van der Waals surface area contributed by atoms with Gasteiger partial charge in [0.1, 0.15) is 6.10 Å². The predicted octanol–water partition coefficient (Wildman–Crippen LogP) is 4.60. The van der Waals surface area contributed by atoms with Crippen molar-refractivity contribution in [3.05, 3.63) is 77.6 Å². The van der Waals surface area contributed by atoms with Gasteiger partial charge in [-0.05, 0) is 56.7 Å². The third-order valence-electron chi connectivity index (χ3n) is 5.62. The van der Waals surface area contributed by atoms with Gasteiger partial charge in [0.05, 0.1) is 13.0 Å². The van der Waals surface area contributed by atoms with E-state index in [-0.39, 0.29) is 12.3 Å². The van der Waals surface area contributed by atoms with Gasteiger partial charge in [-0.25, -0.2) is 14.8 Å². The van der Waals surface area contributed by atoms with Crippen LogP contribution >= 0.6 is 0 Å². The summed E-state index contributed by atoms with van der Waals surface area (Å²) in [6.07, 6.45) is -0.842. The maximum atomic E-state index is 12.4. The van der Waals surface area contributed by atoms with Crippen molar-refractivity contribution in [3.8, 4) is 0 Å². The van der Waals surface area contributed by atoms with Gasteiger partial charge >= 0.3 is 6.09 Å². The molecule has 8 heteroatoms. The van der Waals surface area contributed by atoms with Gasteiger partial charge in [0.2, 0.25) is 11.9 Å². The van der Waals surface area contributed by atoms with E-state index in [1.54, 1.807) is 4.90 Å². The van der Waals surface area contributed by atoms with E-state index in [2.05, 4.69) is 15.3 Å². The Labute approximate surface area is 199 Å². The average Bonchev–Trinajstić information content (AvgIpc) is 3.13. The molecular weight excluding hydrogens is 430 g/mol. The third-order valence-corrected chi connectivity index (χ3v) is 5.62. The number of hydrogen-bond acceptors (Lipinski definition) is 6. The lowest BCUT2D eigenvalue weighted by Crippen LogP contribution is -2.27. The molecule has 1 unspecified atom stereocenters. The molecule has 2 aromatic carbocycles. The Hall–Kier alpha value is -3.94. The topological polar surface area (TPSA) is 87.7 Å².